The van der Waals surface area contributed by atoms with Crippen molar-refractivity contribution in [2.24, 2.45) is 0 Å². The number of halogens is 1. The first-order chi connectivity index (χ1) is 15.4. The van der Waals surface area contributed by atoms with Crippen LogP contribution in [-0.4, -0.2) is 66.2 Å². The number of hydrogen-bond acceptors (Lipinski definition) is 4. The Balaban J connectivity index is 1.72. The number of fused-ring (bicyclic) bond motifs is 1. The average molecular weight is 459 g/mol. The highest BCUT2D eigenvalue weighted by Gasteiger charge is 2.29. The molecule has 0 radical (unpaired) electrons. The molecule has 1 aliphatic rings. The number of anilines is 2. The summed E-state index contributed by atoms with van der Waals surface area (Å²) in [5.41, 5.74) is 3.82. The summed E-state index contributed by atoms with van der Waals surface area (Å²) in [4.78, 5) is 29.7. The van der Waals surface area contributed by atoms with E-state index in [1.807, 2.05) is 12.1 Å². The molecule has 7 nitrogen and oxygen atoms in total. The minimum atomic E-state index is -0.803. The zero-order valence-corrected chi connectivity index (χ0v) is 19.4. The van der Waals surface area contributed by atoms with Crippen molar-refractivity contribution in [1.82, 2.24) is 9.80 Å². The number of aliphatic hydroxyl groups excluding tert-OH is 1. The molecule has 32 heavy (non-hydrogen) atoms. The van der Waals surface area contributed by atoms with Crippen LogP contribution in [0, 0.1) is 0 Å². The van der Waals surface area contributed by atoms with E-state index in [0.29, 0.717) is 22.9 Å². The summed E-state index contributed by atoms with van der Waals surface area (Å²) < 4.78 is 0. The molecule has 1 atom stereocenters. The van der Waals surface area contributed by atoms with Crippen molar-refractivity contribution >= 4 is 34.9 Å². The third kappa shape index (κ3) is 6.22. The number of amides is 3. The molecule has 3 N–H and O–H groups in total. The fraction of sp³-hybridized carbons (Fsp3) is 0.417. The number of rotatable bonds is 7. The second-order valence-electron chi connectivity index (χ2n) is 8.03. The van der Waals surface area contributed by atoms with Crippen molar-refractivity contribution in [2.75, 3.05) is 43.9 Å². The number of carbonyl (C=O) groups is 2. The Morgan fingerprint density at radius 1 is 1.06 bits per heavy atom. The maximum atomic E-state index is 13.1. The number of nitrogens with one attached hydrogen (secondary N) is 2. The SMILES string of the molecule is CCN(C(=O)Nc1ccc(Cl)cc1)[C@H](CCO)C(=O)Nc1ccc2c(c1)CCN(C)CC2. The van der Waals surface area contributed by atoms with Gasteiger partial charge in [0.15, 0.2) is 0 Å². The van der Waals surface area contributed by atoms with E-state index in [9.17, 15) is 14.7 Å². The quantitative estimate of drug-likeness (QED) is 0.591. The van der Waals surface area contributed by atoms with Crippen molar-refractivity contribution < 1.29 is 14.7 Å². The standard InChI is InChI=1S/C24H31ClN4O3/c1-3-29(24(32)27-20-8-5-19(25)6-9-20)22(12-15-30)23(31)26-21-7-4-17-10-13-28(2)14-11-18(17)16-21/h4-9,16,22,30H,3,10-15H2,1-2H3,(H,26,31)(H,27,32)/t22-/m1/s1. The molecular weight excluding hydrogens is 428 g/mol. The molecular formula is C24H31ClN4O3. The van der Waals surface area contributed by atoms with Gasteiger partial charge < -0.3 is 25.5 Å². The van der Waals surface area contributed by atoms with Crippen LogP contribution >= 0.6 is 11.6 Å². The first-order valence-corrected chi connectivity index (χ1v) is 11.3. The van der Waals surface area contributed by atoms with E-state index in [1.165, 1.54) is 16.0 Å². The molecule has 0 bridgehead atoms. The molecule has 0 saturated heterocycles. The molecule has 3 amide bonds. The molecule has 0 spiro atoms. The van der Waals surface area contributed by atoms with Gasteiger partial charge in [-0.2, -0.15) is 0 Å². The van der Waals surface area contributed by atoms with E-state index in [1.54, 1.807) is 31.2 Å². The van der Waals surface area contributed by atoms with Crippen LogP contribution < -0.4 is 10.6 Å². The van der Waals surface area contributed by atoms with Crippen molar-refractivity contribution in [1.29, 1.82) is 0 Å². The van der Waals surface area contributed by atoms with E-state index in [0.717, 1.165) is 25.9 Å². The lowest BCUT2D eigenvalue weighted by molar-refractivity contribution is -0.120. The zero-order valence-electron chi connectivity index (χ0n) is 18.6. The van der Waals surface area contributed by atoms with Gasteiger partial charge in [0.05, 0.1) is 0 Å². The van der Waals surface area contributed by atoms with Crippen molar-refractivity contribution in [2.45, 2.75) is 32.2 Å². The molecule has 2 aromatic rings. The van der Waals surface area contributed by atoms with Crippen molar-refractivity contribution in [3.05, 3.63) is 58.6 Å². The number of carbonyl (C=O) groups excluding carboxylic acids is 2. The minimum absolute atomic E-state index is 0.142. The Bertz CT molecular complexity index is 935. The number of aliphatic hydroxyl groups is 1. The number of benzene rings is 2. The predicted molar refractivity (Wildman–Crippen MR) is 128 cm³/mol. The first kappa shape index (κ1) is 24.0. The summed E-state index contributed by atoms with van der Waals surface area (Å²) in [5, 5.41) is 15.9. The van der Waals surface area contributed by atoms with Crippen LogP contribution in [0.5, 0.6) is 0 Å². The second-order valence-corrected chi connectivity index (χ2v) is 8.46. The molecule has 172 valence electrons. The van der Waals surface area contributed by atoms with Crippen LogP contribution in [0.25, 0.3) is 0 Å². The molecule has 1 heterocycles. The molecule has 0 fully saturated rings. The van der Waals surface area contributed by atoms with Gasteiger partial charge in [-0.3, -0.25) is 4.79 Å². The highest BCUT2D eigenvalue weighted by Crippen LogP contribution is 2.21. The third-order valence-electron chi connectivity index (χ3n) is 5.78. The Morgan fingerprint density at radius 2 is 1.72 bits per heavy atom. The summed E-state index contributed by atoms with van der Waals surface area (Å²) in [7, 11) is 2.11. The highest BCUT2D eigenvalue weighted by molar-refractivity contribution is 6.30. The van der Waals surface area contributed by atoms with E-state index in [4.69, 9.17) is 11.6 Å². The van der Waals surface area contributed by atoms with Gasteiger partial charge in [-0.1, -0.05) is 17.7 Å². The summed E-state index contributed by atoms with van der Waals surface area (Å²) >= 11 is 5.90. The second kappa shape index (κ2) is 11.3. The molecule has 1 aliphatic heterocycles. The van der Waals surface area contributed by atoms with Gasteiger partial charge in [-0.15, -0.1) is 0 Å². The lowest BCUT2D eigenvalue weighted by Crippen LogP contribution is -2.49. The van der Waals surface area contributed by atoms with Gasteiger partial charge >= 0.3 is 6.03 Å². The Morgan fingerprint density at radius 3 is 2.38 bits per heavy atom. The lowest BCUT2D eigenvalue weighted by atomic mass is 10.0. The van der Waals surface area contributed by atoms with Crippen LogP contribution in [0.1, 0.15) is 24.5 Å². The van der Waals surface area contributed by atoms with Crippen LogP contribution in [0.3, 0.4) is 0 Å². The van der Waals surface area contributed by atoms with E-state index in [-0.39, 0.29) is 18.9 Å². The highest BCUT2D eigenvalue weighted by atomic mass is 35.5. The Kier molecular flexibility index (Phi) is 8.50. The Hall–Kier alpha value is -2.61. The van der Waals surface area contributed by atoms with E-state index >= 15 is 0 Å². The fourth-order valence-electron chi connectivity index (χ4n) is 3.93. The summed E-state index contributed by atoms with van der Waals surface area (Å²) in [6.07, 6.45) is 2.06. The summed E-state index contributed by atoms with van der Waals surface area (Å²) in [6, 6.07) is 11.5. The molecule has 0 aromatic heterocycles. The molecule has 0 unspecified atom stereocenters. The van der Waals surface area contributed by atoms with Gasteiger partial charge in [-0.05, 0) is 80.8 Å². The number of urea groups is 1. The molecule has 3 rings (SSSR count). The fourth-order valence-corrected chi connectivity index (χ4v) is 4.05. The Labute approximate surface area is 194 Å². The van der Waals surface area contributed by atoms with Crippen molar-refractivity contribution in [3.63, 3.8) is 0 Å². The van der Waals surface area contributed by atoms with Gasteiger partial charge in [0.25, 0.3) is 0 Å². The monoisotopic (exact) mass is 458 g/mol. The van der Waals surface area contributed by atoms with Crippen LogP contribution in [0.15, 0.2) is 42.5 Å². The molecule has 0 saturated carbocycles. The van der Waals surface area contributed by atoms with Crippen LogP contribution in [0.2, 0.25) is 5.02 Å². The van der Waals surface area contributed by atoms with E-state index < -0.39 is 12.1 Å². The van der Waals surface area contributed by atoms with E-state index in [2.05, 4.69) is 28.6 Å². The molecule has 2 aromatic carbocycles. The largest absolute Gasteiger partial charge is 0.396 e. The number of hydrogen-bond donors (Lipinski definition) is 3. The average Bonchev–Trinajstić information content (AvgIpc) is 2.96. The van der Waals surface area contributed by atoms with Crippen LogP contribution in [0.4, 0.5) is 16.2 Å². The number of likely N-dealkylation sites (N-methyl/N-ethyl adjacent to an activating group) is 2. The van der Waals surface area contributed by atoms with Gasteiger partial charge in [-0.25, -0.2) is 4.79 Å². The normalized spacial score (nSPS) is 14.8. The molecule has 8 heteroatoms. The number of nitrogens with zero attached hydrogens (tertiary/aromatic N) is 2. The summed E-state index contributed by atoms with van der Waals surface area (Å²) in [6.45, 7) is 3.91. The maximum absolute atomic E-state index is 13.1. The topological polar surface area (TPSA) is 84.9 Å². The maximum Gasteiger partial charge on any atom is 0.322 e. The predicted octanol–water partition coefficient (Wildman–Crippen LogP) is 3.61. The third-order valence-corrected chi connectivity index (χ3v) is 6.03. The van der Waals surface area contributed by atoms with Crippen molar-refractivity contribution in [3.8, 4) is 0 Å². The lowest BCUT2D eigenvalue weighted by Gasteiger charge is -2.30. The van der Waals surface area contributed by atoms with Gasteiger partial charge in [0, 0.05) is 42.6 Å². The zero-order chi connectivity index (χ0) is 23.1. The van der Waals surface area contributed by atoms with Crippen LogP contribution in [-0.2, 0) is 17.6 Å². The molecule has 0 aliphatic carbocycles. The minimum Gasteiger partial charge on any atom is -0.396 e. The van der Waals surface area contributed by atoms with Gasteiger partial charge in [0.2, 0.25) is 5.91 Å². The smallest absolute Gasteiger partial charge is 0.322 e. The van der Waals surface area contributed by atoms with Gasteiger partial charge in [0.1, 0.15) is 6.04 Å². The summed E-state index contributed by atoms with van der Waals surface area (Å²) in [5.74, 6) is -0.321. The first-order valence-electron chi connectivity index (χ1n) is 11.0.